The minimum absolute atomic E-state index is 0.264. The average Bonchev–Trinajstić information content (AvgIpc) is 2.25. The molecule has 0 aliphatic rings. The Labute approximate surface area is 88.8 Å². The first kappa shape index (κ1) is 11.1. The van der Waals surface area contributed by atoms with Gasteiger partial charge in [-0.15, -0.1) is 11.6 Å². The molecule has 0 N–H and O–H groups in total. The van der Waals surface area contributed by atoms with Crippen LogP contribution in [0.5, 0.6) is 0 Å². The van der Waals surface area contributed by atoms with Gasteiger partial charge in [-0.2, -0.15) is 0 Å². The molecule has 1 aromatic carbocycles. The van der Waals surface area contributed by atoms with Gasteiger partial charge >= 0.3 is 5.97 Å². The van der Waals surface area contributed by atoms with Crippen molar-refractivity contribution in [3.8, 4) is 0 Å². The lowest BCUT2D eigenvalue weighted by molar-refractivity contribution is 0.0500. The van der Waals surface area contributed by atoms with Gasteiger partial charge in [0.25, 0.3) is 0 Å². The highest BCUT2D eigenvalue weighted by Crippen LogP contribution is 2.02. The number of hydrogen-bond acceptors (Lipinski definition) is 2. The Hall–Kier alpha value is -1.02. The number of carbonyl (C=O) groups excluding carboxylic acids is 1. The first-order valence-corrected chi connectivity index (χ1v) is 5.16. The number of halogens is 1. The monoisotopic (exact) mass is 212 g/mol. The van der Waals surface area contributed by atoms with E-state index >= 15 is 0 Å². The summed E-state index contributed by atoms with van der Waals surface area (Å²) in [5.41, 5.74) is 0.596. The maximum atomic E-state index is 11.4. The quantitative estimate of drug-likeness (QED) is 0.426. The van der Waals surface area contributed by atoms with Gasteiger partial charge in [-0.1, -0.05) is 18.2 Å². The largest absolute Gasteiger partial charge is 0.462 e. The van der Waals surface area contributed by atoms with E-state index in [4.69, 9.17) is 16.3 Å². The molecule has 1 aromatic rings. The zero-order chi connectivity index (χ0) is 10.2. The fourth-order valence-corrected chi connectivity index (χ4v) is 1.21. The molecule has 3 heteroatoms. The predicted molar refractivity (Wildman–Crippen MR) is 56.7 cm³/mol. The van der Waals surface area contributed by atoms with Crippen LogP contribution in [0.4, 0.5) is 0 Å². The van der Waals surface area contributed by atoms with Crippen LogP contribution in [0.2, 0.25) is 0 Å². The predicted octanol–water partition coefficient (Wildman–Crippen LogP) is 2.86. The van der Waals surface area contributed by atoms with Crippen LogP contribution in [0.3, 0.4) is 0 Å². The summed E-state index contributed by atoms with van der Waals surface area (Å²) in [6.45, 7) is 0.445. The van der Waals surface area contributed by atoms with Gasteiger partial charge in [0.15, 0.2) is 0 Å². The topological polar surface area (TPSA) is 26.3 Å². The number of rotatable bonds is 5. The molecule has 1 rings (SSSR count). The van der Waals surface area contributed by atoms with Crippen LogP contribution in [0.15, 0.2) is 30.3 Å². The van der Waals surface area contributed by atoms with E-state index in [0.29, 0.717) is 18.1 Å². The summed E-state index contributed by atoms with van der Waals surface area (Å²) < 4.78 is 5.03. The van der Waals surface area contributed by atoms with Crippen molar-refractivity contribution >= 4 is 17.6 Å². The third-order valence-corrected chi connectivity index (χ3v) is 2.04. The third-order valence-electron chi connectivity index (χ3n) is 1.77. The fourth-order valence-electron chi connectivity index (χ4n) is 1.02. The number of hydrogen-bond donors (Lipinski definition) is 0. The standard InChI is InChI=1S/C11H13ClO2/c12-8-4-5-9-14-11(13)10-6-2-1-3-7-10/h1-3,6-7H,4-5,8-9H2. The van der Waals surface area contributed by atoms with Gasteiger partial charge in [0.2, 0.25) is 0 Å². The van der Waals surface area contributed by atoms with Gasteiger partial charge in [-0.3, -0.25) is 0 Å². The number of carbonyl (C=O) groups is 1. The molecule has 76 valence electrons. The van der Waals surface area contributed by atoms with E-state index < -0.39 is 0 Å². The maximum absolute atomic E-state index is 11.4. The second-order valence-electron chi connectivity index (χ2n) is 2.90. The summed E-state index contributed by atoms with van der Waals surface area (Å²) in [5, 5.41) is 0. The third kappa shape index (κ3) is 3.79. The highest BCUT2D eigenvalue weighted by Gasteiger charge is 2.04. The van der Waals surface area contributed by atoms with Crippen molar-refractivity contribution in [1.82, 2.24) is 0 Å². The lowest BCUT2D eigenvalue weighted by Crippen LogP contribution is -2.06. The molecule has 0 saturated carbocycles. The van der Waals surface area contributed by atoms with E-state index in [1.807, 2.05) is 18.2 Å². The van der Waals surface area contributed by atoms with Crippen LogP contribution in [0.1, 0.15) is 23.2 Å². The van der Waals surface area contributed by atoms with E-state index in [9.17, 15) is 4.79 Å². The Morgan fingerprint density at radius 2 is 1.93 bits per heavy atom. The molecular formula is C11H13ClO2. The molecular weight excluding hydrogens is 200 g/mol. The zero-order valence-corrected chi connectivity index (χ0v) is 8.67. The van der Waals surface area contributed by atoms with Crippen LogP contribution < -0.4 is 0 Å². The molecule has 0 aliphatic heterocycles. The fraction of sp³-hybridized carbons (Fsp3) is 0.364. The highest BCUT2D eigenvalue weighted by atomic mass is 35.5. The SMILES string of the molecule is O=C(OCCCCCl)c1ccccc1. The summed E-state index contributed by atoms with van der Waals surface area (Å²) in [7, 11) is 0. The molecule has 0 unspecified atom stereocenters. The van der Waals surface area contributed by atoms with Gasteiger partial charge in [0.1, 0.15) is 0 Å². The zero-order valence-electron chi connectivity index (χ0n) is 7.91. The van der Waals surface area contributed by atoms with Crippen LogP contribution >= 0.6 is 11.6 Å². The molecule has 0 atom stereocenters. The Balaban J connectivity index is 2.29. The van der Waals surface area contributed by atoms with Crippen molar-refractivity contribution in [2.75, 3.05) is 12.5 Å². The maximum Gasteiger partial charge on any atom is 0.338 e. The van der Waals surface area contributed by atoms with Crippen molar-refractivity contribution in [2.24, 2.45) is 0 Å². The molecule has 0 saturated heterocycles. The number of esters is 1. The Bertz CT molecular complexity index is 272. The van der Waals surface area contributed by atoms with Crippen molar-refractivity contribution in [3.05, 3.63) is 35.9 Å². The van der Waals surface area contributed by atoms with Crippen LogP contribution in [-0.4, -0.2) is 18.5 Å². The molecule has 0 fully saturated rings. The van der Waals surface area contributed by atoms with Gasteiger partial charge in [0.05, 0.1) is 12.2 Å². The van der Waals surface area contributed by atoms with E-state index in [-0.39, 0.29) is 5.97 Å². The summed E-state index contributed by atoms with van der Waals surface area (Å²) >= 11 is 5.49. The van der Waals surface area contributed by atoms with Crippen LogP contribution in [-0.2, 0) is 4.74 Å². The molecule has 0 aliphatic carbocycles. The van der Waals surface area contributed by atoms with Gasteiger partial charge < -0.3 is 4.74 Å². The van der Waals surface area contributed by atoms with Crippen molar-refractivity contribution in [1.29, 1.82) is 0 Å². The van der Waals surface area contributed by atoms with Crippen LogP contribution in [0, 0.1) is 0 Å². The summed E-state index contributed by atoms with van der Waals surface area (Å²) in [6, 6.07) is 8.97. The number of benzene rings is 1. The lowest BCUT2D eigenvalue weighted by Gasteiger charge is -2.03. The Morgan fingerprint density at radius 1 is 1.21 bits per heavy atom. The number of ether oxygens (including phenoxy) is 1. The second-order valence-corrected chi connectivity index (χ2v) is 3.28. The molecule has 2 nitrogen and oxygen atoms in total. The van der Waals surface area contributed by atoms with Crippen molar-refractivity contribution in [2.45, 2.75) is 12.8 Å². The molecule has 0 aromatic heterocycles. The summed E-state index contributed by atoms with van der Waals surface area (Å²) in [5.74, 6) is 0.350. The number of alkyl halides is 1. The second kappa shape index (κ2) is 6.44. The van der Waals surface area contributed by atoms with Crippen LogP contribution in [0.25, 0.3) is 0 Å². The molecule has 0 amide bonds. The van der Waals surface area contributed by atoms with Crippen molar-refractivity contribution < 1.29 is 9.53 Å². The molecule has 14 heavy (non-hydrogen) atoms. The Morgan fingerprint density at radius 3 is 2.57 bits per heavy atom. The first-order chi connectivity index (χ1) is 6.84. The molecule has 0 spiro atoms. The first-order valence-electron chi connectivity index (χ1n) is 4.62. The lowest BCUT2D eigenvalue weighted by atomic mass is 10.2. The van der Waals surface area contributed by atoms with E-state index in [1.54, 1.807) is 12.1 Å². The van der Waals surface area contributed by atoms with E-state index in [1.165, 1.54) is 0 Å². The molecule has 0 radical (unpaired) electrons. The minimum atomic E-state index is -0.264. The number of unbranched alkanes of at least 4 members (excludes halogenated alkanes) is 1. The van der Waals surface area contributed by atoms with Gasteiger partial charge in [0, 0.05) is 5.88 Å². The minimum Gasteiger partial charge on any atom is -0.462 e. The smallest absolute Gasteiger partial charge is 0.338 e. The van der Waals surface area contributed by atoms with Gasteiger partial charge in [-0.25, -0.2) is 4.79 Å². The normalized spacial score (nSPS) is 9.79. The van der Waals surface area contributed by atoms with E-state index in [0.717, 1.165) is 12.8 Å². The van der Waals surface area contributed by atoms with Crippen molar-refractivity contribution in [3.63, 3.8) is 0 Å². The summed E-state index contributed by atoms with van der Waals surface area (Å²) in [6.07, 6.45) is 1.70. The Kier molecular flexibility index (Phi) is 5.08. The average molecular weight is 213 g/mol. The van der Waals surface area contributed by atoms with Gasteiger partial charge in [-0.05, 0) is 25.0 Å². The summed E-state index contributed by atoms with van der Waals surface area (Å²) in [4.78, 5) is 11.4. The highest BCUT2D eigenvalue weighted by molar-refractivity contribution is 6.17. The molecule has 0 heterocycles. The molecule has 0 bridgehead atoms. The van der Waals surface area contributed by atoms with E-state index in [2.05, 4.69) is 0 Å².